The lowest BCUT2D eigenvalue weighted by Gasteiger charge is -2.27. The number of carboxylic acid groups (broad SMARTS) is 1. The SMILES string of the molecule is CC(C)CC(N)C(=O)NC(CO)C(=O)NC(CS)C(=O)N1CCCC1C(=O)O. The lowest BCUT2D eigenvalue weighted by Crippen LogP contribution is -2.58. The zero-order valence-corrected chi connectivity index (χ0v) is 17.0. The maximum absolute atomic E-state index is 12.6. The minimum atomic E-state index is -1.28. The topological polar surface area (TPSA) is 162 Å². The molecule has 4 atom stereocenters. The van der Waals surface area contributed by atoms with Gasteiger partial charge in [-0.1, -0.05) is 13.8 Å². The van der Waals surface area contributed by atoms with E-state index in [1.165, 1.54) is 4.90 Å². The maximum atomic E-state index is 12.6. The number of amides is 3. The van der Waals surface area contributed by atoms with Crippen LogP contribution in [0, 0.1) is 5.92 Å². The number of carboxylic acids is 1. The van der Waals surface area contributed by atoms with Crippen LogP contribution in [0.3, 0.4) is 0 Å². The smallest absolute Gasteiger partial charge is 0.326 e. The number of aliphatic carboxylic acids is 1. The fraction of sp³-hybridized carbons (Fsp3) is 0.765. The van der Waals surface area contributed by atoms with Crippen LogP contribution in [0.1, 0.15) is 33.1 Å². The first-order valence-corrected chi connectivity index (χ1v) is 9.86. The summed E-state index contributed by atoms with van der Waals surface area (Å²) in [4.78, 5) is 49.6. The van der Waals surface area contributed by atoms with Crippen LogP contribution in [0.2, 0.25) is 0 Å². The zero-order chi connectivity index (χ0) is 21.4. The van der Waals surface area contributed by atoms with Crippen LogP contribution in [-0.2, 0) is 19.2 Å². The molecule has 4 unspecified atom stereocenters. The number of hydrogen-bond donors (Lipinski definition) is 6. The van der Waals surface area contributed by atoms with E-state index in [4.69, 9.17) is 5.73 Å². The Kier molecular flexibility index (Phi) is 9.70. The average molecular weight is 419 g/mol. The number of nitrogens with two attached hydrogens (primary N) is 1. The molecule has 6 N–H and O–H groups in total. The highest BCUT2D eigenvalue weighted by atomic mass is 32.1. The number of aliphatic hydroxyl groups excluding tert-OH is 1. The summed E-state index contributed by atoms with van der Waals surface area (Å²) in [6.45, 7) is 3.39. The van der Waals surface area contributed by atoms with E-state index in [2.05, 4.69) is 23.3 Å². The molecule has 10 nitrogen and oxygen atoms in total. The first-order chi connectivity index (χ1) is 13.1. The van der Waals surface area contributed by atoms with Crippen molar-refractivity contribution in [1.82, 2.24) is 15.5 Å². The van der Waals surface area contributed by atoms with Crippen molar-refractivity contribution >= 4 is 36.3 Å². The van der Waals surface area contributed by atoms with Crippen LogP contribution in [0.25, 0.3) is 0 Å². The second-order valence-corrected chi connectivity index (χ2v) is 7.62. The molecule has 1 saturated heterocycles. The number of rotatable bonds is 10. The minimum absolute atomic E-state index is 0.0631. The summed E-state index contributed by atoms with van der Waals surface area (Å²) in [5.74, 6) is -2.90. The van der Waals surface area contributed by atoms with Gasteiger partial charge in [-0.15, -0.1) is 0 Å². The van der Waals surface area contributed by atoms with Gasteiger partial charge in [-0.2, -0.15) is 12.6 Å². The van der Waals surface area contributed by atoms with Gasteiger partial charge in [0.1, 0.15) is 18.1 Å². The molecule has 1 fully saturated rings. The second-order valence-electron chi connectivity index (χ2n) is 7.25. The van der Waals surface area contributed by atoms with Crippen LogP contribution < -0.4 is 16.4 Å². The van der Waals surface area contributed by atoms with Gasteiger partial charge in [0.15, 0.2) is 0 Å². The van der Waals surface area contributed by atoms with Gasteiger partial charge < -0.3 is 31.5 Å². The van der Waals surface area contributed by atoms with E-state index < -0.39 is 54.5 Å². The molecule has 0 spiro atoms. The molecule has 0 radical (unpaired) electrons. The van der Waals surface area contributed by atoms with E-state index in [0.29, 0.717) is 19.3 Å². The average Bonchev–Trinajstić information content (AvgIpc) is 3.12. The van der Waals surface area contributed by atoms with Crippen LogP contribution in [0.15, 0.2) is 0 Å². The first kappa shape index (κ1) is 24.2. The minimum Gasteiger partial charge on any atom is -0.480 e. The number of thiol groups is 1. The summed E-state index contributed by atoms with van der Waals surface area (Å²) in [5, 5.41) is 23.5. The van der Waals surface area contributed by atoms with Crippen LogP contribution in [-0.4, -0.2) is 81.9 Å². The number of nitrogens with zero attached hydrogens (tertiary/aromatic N) is 1. The van der Waals surface area contributed by atoms with Crippen LogP contribution >= 0.6 is 12.6 Å². The maximum Gasteiger partial charge on any atom is 0.326 e. The molecule has 0 saturated carbocycles. The van der Waals surface area contributed by atoms with Crippen molar-refractivity contribution in [3.63, 3.8) is 0 Å². The molecule has 1 heterocycles. The summed E-state index contributed by atoms with van der Waals surface area (Å²) in [6.07, 6.45) is 1.31. The van der Waals surface area contributed by atoms with E-state index in [0.717, 1.165) is 0 Å². The standard InChI is InChI=1S/C17H30N4O6S/c1-9(2)6-10(18)14(23)19-11(7-22)15(24)20-12(8-28)16(25)21-5-3-4-13(21)17(26)27/h9-13,22,28H,3-8,18H2,1-2H3,(H,19,23)(H,20,24)(H,26,27). The van der Waals surface area contributed by atoms with E-state index in [9.17, 15) is 29.4 Å². The summed E-state index contributed by atoms with van der Waals surface area (Å²) in [6, 6.07) is -4.12. The molecule has 1 rings (SSSR count). The second kappa shape index (κ2) is 11.2. The highest BCUT2D eigenvalue weighted by Gasteiger charge is 2.37. The zero-order valence-electron chi connectivity index (χ0n) is 16.1. The predicted octanol–water partition coefficient (Wildman–Crippen LogP) is -1.67. The van der Waals surface area contributed by atoms with E-state index >= 15 is 0 Å². The monoisotopic (exact) mass is 418 g/mol. The molecule has 0 bridgehead atoms. The molecule has 28 heavy (non-hydrogen) atoms. The van der Waals surface area contributed by atoms with E-state index in [1.807, 2.05) is 13.8 Å². The van der Waals surface area contributed by atoms with Gasteiger partial charge in [0.05, 0.1) is 12.6 Å². The van der Waals surface area contributed by atoms with E-state index in [1.54, 1.807) is 0 Å². The quantitative estimate of drug-likeness (QED) is 0.231. The van der Waals surface area contributed by atoms with Gasteiger partial charge in [-0.05, 0) is 25.2 Å². The molecule has 160 valence electrons. The number of likely N-dealkylation sites (tertiary alicyclic amines) is 1. The van der Waals surface area contributed by atoms with Crippen molar-refractivity contribution < 1.29 is 29.4 Å². The van der Waals surface area contributed by atoms with Gasteiger partial charge in [-0.3, -0.25) is 14.4 Å². The molecular weight excluding hydrogens is 388 g/mol. The predicted molar refractivity (Wildman–Crippen MR) is 105 cm³/mol. The molecule has 3 amide bonds. The number of carbonyl (C=O) groups is 4. The number of nitrogens with one attached hydrogen (secondary N) is 2. The van der Waals surface area contributed by atoms with Crippen molar-refractivity contribution in [2.75, 3.05) is 18.9 Å². The molecule has 0 aromatic rings. The third-order valence-corrected chi connectivity index (χ3v) is 4.86. The number of carbonyl (C=O) groups excluding carboxylic acids is 3. The Hall–Kier alpha value is -1.85. The van der Waals surface area contributed by atoms with Gasteiger partial charge in [0.25, 0.3) is 0 Å². The highest BCUT2D eigenvalue weighted by molar-refractivity contribution is 7.80. The van der Waals surface area contributed by atoms with Gasteiger partial charge >= 0.3 is 5.97 Å². The Morgan fingerprint density at radius 3 is 2.29 bits per heavy atom. The summed E-state index contributed by atoms with van der Waals surface area (Å²) in [7, 11) is 0. The number of hydrogen-bond acceptors (Lipinski definition) is 7. The molecular formula is C17H30N4O6S. The molecule has 0 aromatic carbocycles. The number of aliphatic hydroxyl groups is 1. The van der Waals surface area contributed by atoms with Gasteiger partial charge in [-0.25, -0.2) is 4.79 Å². The Labute approximate surface area is 169 Å². The molecule has 0 aromatic heterocycles. The Morgan fingerprint density at radius 1 is 1.18 bits per heavy atom. The van der Waals surface area contributed by atoms with Crippen LogP contribution in [0.5, 0.6) is 0 Å². The largest absolute Gasteiger partial charge is 0.480 e. The van der Waals surface area contributed by atoms with Crippen molar-refractivity contribution in [3.05, 3.63) is 0 Å². The van der Waals surface area contributed by atoms with Crippen molar-refractivity contribution in [3.8, 4) is 0 Å². The fourth-order valence-electron chi connectivity index (χ4n) is 3.03. The van der Waals surface area contributed by atoms with Crippen molar-refractivity contribution in [1.29, 1.82) is 0 Å². The summed E-state index contributed by atoms with van der Waals surface area (Å²) in [5.41, 5.74) is 5.77. The Balaban J connectivity index is 2.73. The van der Waals surface area contributed by atoms with Gasteiger partial charge in [0, 0.05) is 12.3 Å². The summed E-state index contributed by atoms with van der Waals surface area (Å²) >= 11 is 4.06. The molecule has 1 aliphatic rings. The van der Waals surface area contributed by atoms with Crippen molar-refractivity contribution in [2.45, 2.75) is 57.3 Å². The Morgan fingerprint density at radius 2 is 1.79 bits per heavy atom. The van der Waals surface area contributed by atoms with Crippen molar-refractivity contribution in [2.24, 2.45) is 11.7 Å². The third kappa shape index (κ3) is 6.64. The lowest BCUT2D eigenvalue weighted by atomic mass is 10.0. The summed E-state index contributed by atoms with van der Waals surface area (Å²) < 4.78 is 0. The molecule has 11 heteroatoms. The highest BCUT2D eigenvalue weighted by Crippen LogP contribution is 2.18. The lowest BCUT2D eigenvalue weighted by molar-refractivity contribution is -0.149. The normalized spacial score (nSPS) is 19.8. The third-order valence-electron chi connectivity index (χ3n) is 4.50. The van der Waals surface area contributed by atoms with Gasteiger partial charge in [0.2, 0.25) is 17.7 Å². The first-order valence-electron chi connectivity index (χ1n) is 9.23. The van der Waals surface area contributed by atoms with E-state index in [-0.39, 0.29) is 18.2 Å². The molecule has 0 aliphatic carbocycles. The molecule has 1 aliphatic heterocycles. The fourth-order valence-corrected chi connectivity index (χ4v) is 3.28. The van der Waals surface area contributed by atoms with Crippen LogP contribution in [0.4, 0.5) is 0 Å². The Bertz CT molecular complexity index is 588.